The zero-order valence-corrected chi connectivity index (χ0v) is 15.8. The molecule has 0 bridgehead atoms. The van der Waals surface area contributed by atoms with Crippen molar-refractivity contribution in [1.29, 1.82) is 0 Å². The molecule has 0 fully saturated rings. The molecular formula is C17H14ClF3N4OS. The summed E-state index contributed by atoms with van der Waals surface area (Å²) in [5.41, 5.74) is -0.260. The van der Waals surface area contributed by atoms with Gasteiger partial charge in [-0.25, -0.2) is 4.98 Å². The molecule has 0 saturated carbocycles. The molecule has 0 aliphatic carbocycles. The van der Waals surface area contributed by atoms with Crippen LogP contribution in [0.15, 0.2) is 35.8 Å². The minimum atomic E-state index is -4.70. The first-order chi connectivity index (χ1) is 12.7. The number of hydrogen-bond donors (Lipinski definition) is 1. The minimum Gasteiger partial charge on any atom is -0.298 e. The highest BCUT2D eigenvalue weighted by atomic mass is 35.5. The van der Waals surface area contributed by atoms with Gasteiger partial charge in [0.15, 0.2) is 10.8 Å². The Kier molecular flexibility index (Phi) is 5.25. The van der Waals surface area contributed by atoms with Gasteiger partial charge in [0.2, 0.25) is 0 Å². The van der Waals surface area contributed by atoms with Gasteiger partial charge in [0.25, 0.3) is 5.91 Å². The van der Waals surface area contributed by atoms with Gasteiger partial charge in [0.1, 0.15) is 0 Å². The van der Waals surface area contributed by atoms with Gasteiger partial charge in [-0.05, 0) is 26.0 Å². The summed E-state index contributed by atoms with van der Waals surface area (Å²) in [7, 11) is 0. The number of benzene rings is 1. The fraction of sp³-hybridized carbons (Fsp3) is 0.235. The number of hydrogen-bond acceptors (Lipinski definition) is 4. The molecule has 27 heavy (non-hydrogen) atoms. The van der Waals surface area contributed by atoms with Crippen LogP contribution in [0.5, 0.6) is 0 Å². The highest BCUT2D eigenvalue weighted by Crippen LogP contribution is 2.34. The van der Waals surface area contributed by atoms with Crippen LogP contribution < -0.4 is 5.32 Å². The molecule has 10 heteroatoms. The Labute approximate surface area is 161 Å². The van der Waals surface area contributed by atoms with E-state index in [1.807, 2.05) is 0 Å². The molecule has 0 saturated heterocycles. The summed E-state index contributed by atoms with van der Waals surface area (Å²) >= 11 is 6.96. The number of nitrogens with one attached hydrogen (secondary N) is 1. The summed E-state index contributed by atoms with van der Waals surface area (Å²) in [6, 6.07) is 6.38. The Morgan fingerprint density at radius 2 is 1.93 bits per heavy atom. The second-order valence-electron chi connectivity index (χ2n) is 5.94. The third-order valence-corrected chi connectivity index (χ3v) is 4.67. The zero-order chi connectivity index (χ0) is 19.8. The summed E-state index contributed by atoms with van der Waals surface area (Å²) < 4.78 is 41.0. The van der Waals surface area contributed by atoms with Crippen molar-refractivity contribution in [2.45, 2.75) is 26.1 Å². The van der Waals surface area contributed by atoms with Gasteiger partial charge in [-0.2, -0.15) is 18.3 Å². The lowest BCUT2D eigenvalue weighted by atomic mass is 10.2. The summed E-state index contributed by atoms with van der Waals surface area (Å²) in [5, 5.41) is 8.58. The molecule has 2 heterocycles. The number of thiazole rings is 1. The Bertz CT molecular complexity index is 963. The number of carbonyl (C=O) groups excluding carboxylic acids is 1. The molecule has 1 amide bonds. The molecule has 0 atom stereocenters. The number of halogens is 4. The Balaban J connectivity index is 1.85. The molecule has 1 aromatic carbocycles. The van der Waals surface area contributed by atoms with Gasteiger partial charge in [-0.1, -0.05) is 23.7 Å². The van der Waals surface area contributed by atoms with E-state index < -0.39 is 29.4 Å². The number of amides is 1. The summed E-state index contributed by atoms with van der Waals surface area (Å²) in [6.07, 6.45) is -3.78. The molecule has 5 nitrogen and oxygen atoms in total. The topological polar surface area (TPSA) is 59.8 Å². The van der Waals surface area contributed by atoms with E-state index in [9.17, 15) is 18.0 Å². The number of anilines is 1. The van der Waals surface area contributed by atoms with Crippen LogP contribution in [0.3, 0.4) is 0 Å². The maximum atomic E-state index is 13.4. The van der Waals surface area contributed by atoms with Crippen LogP contribution in [0.1, 0.15) is 35.9 Å². The van der Waals surface area contributed by atoms with Crippen molar-refractivity contribution in [2.75, 3.05) is 5.32 Å². The van der Waals surface area contributed by atoms with E-state index in [2.05, 4.69) is 15.4 Å². The lowest BCUT2D eigenvalue weighted by Crippen LogP contribution is -2.22. The van der Waals surface area contributed by atoms with Crippen LogP contribution in [0.4, 0.5) is 18.3 Å². The first-order valence-corrected chi connectivity index (χ1v) is 9.10. The first kappa shape index (κ1) is 19.4. The van der Waals surface area contributed by atoms with Crippen molar-refractivity contribution >= 4 is 34.0 Å². The number of carbonyl (C=O) groups is 1. The second kappa shape index (κ2) is 7.32. The van der Waals surface area contributed by atoms with E-state index in [-0.39, 0.29) is 5.13 Å². The quantitative estimate of drug-likeness (QED) is 0.612. The zero-order valence-electron chi connectivity index (χ0n) is 14.2. The molecule has 0 aliphatic heterocycles. The van der Waals surface area contributed by atoms with E-state index in [1.165, 1.54) is 0 Å². The maximum Gasteiger partial charge on any atom is 0.433 e. The van der Waals surface area contributed by atoms with Gasteiger partial charge >= 0.3 is 6.18 Å². The van der Waals surface area contributed by atoms with Crippen LogP contribution in [-0.4, -0.2) is 20.7 Å². The van der Waals surface area contributed by atoms with Gasteiger partial charge < -0.3 is 0 Å². The van der Waals surface area contributed by atoms with Crippen LogP contribution >= 0.6 is 22.9 Å². The van der Waals surface area contributed by atoms with Crippen LogP contribution in [0.2, 0.25) is 5.02 Å². The normalized spacial score (nSPS) is 11.8. The largest absolute Gasteiger partial charge is 0.433 e. The molecule has 3 aromatic rings. The highest BCUT2D eigenvalue weighted by Gasteiger charge is 2.40. The predicted molar refractivity (Wildman–Crippen MR) is 98.1 cm³/mol. The molecule has 0 spiro atoms. The smallest absolute Gasteiger partial charge is 0.298 e. The van der Waals surface area contributed by atoms with Gasteiger partial charge in [0, 0.05) is 22.0 Å². The van der Waals surface area contributed by atoms with E-state index in [0.717, 1.165) is 27.8 Å². The van der Waals surface area contributed by atoms with Gasteiger partial charge in [0.05, 0.1) is 17.5 Å². The third-order valence-electron chi connectivity index (χ3n) is 3.66. The Morgan fingerprint density at radius 1 is 1.26 bits per heavy atom. The summed E-state index contributed by atoms with van der Waals surface area (Å²) in [6.45, 7) is 3.12. The van der Waals surface area contributed by atoms with Gasteiger partial charge in [-0.15, -0.1) is 11.3 Å². The van der Waals surface area contributed by atoms with Crippen LogP contribution in [0, 0.1) is 0 Å². The maximum absolute atomic E-state index is 13.4. The molecule has 0 radical (unpaired) electrons. The molecule has 3 rings (SSSR count). The Morgan fingerprint density at radius 3 is 2.52 bits per heavy atom. The van der Waals surface area contributed by atoms with E-state index in [1.54, 1.807) is 43.5 Å². The van der Waals surface area contributed by atoms with Gasteiger partial charge in [-0.3, -0.25) is 14.8 Å². The fourth-order valence-electron chi connectivity index (χ4n) is 2.45. The second-order valence-corrected chi connectivity index (χ2v) is 7.24. The number of nitrogens with zero attached hydrogens (tertiary/aromatic N) is 3. The number of rotatable bonds is 4. The molecule has 2 aromatic heterocycles. The highest BCUT2D eigenvalue weighted by molar-refractivity contribution is 7.14. The van der Waals surface area contributed by atoms with Crippen molar-refractivity contribution in [1.82, 2.24) is 14.8 Å². The summed E-state index contributed by atoms with van der Waals surface area (Å²) in [5.74, 6) is -0.911. The molecule has 142 valence electrons. The molecule has 0 unspecified atom stereocenters. The summed E-state index contributed by atoms with van der Waals surface area (Å²) in [4.78, 5) is 16.6. The van der Waals surface area contributed by atoms with Crippen molar-refractivity contribution < 1.29 is 18.0 Å². The number of aromatic nitrogens is 3. The van der Waals surface area contributed by atoms with Crippen molar-refractivity contribution in [2.24, 2.45) is 0 Å². The van der Waals surface area contributed by atoms with E-state index >= 15 is 0 Å². The van der Waals surface area contributed by atoms with Crippen molar-refractivity contribution in [3.05, 3.63) is 52.1 Å². The van der Waals surface area contributed by atoms with E-state index in [4.69, 9.17) is 11.6 Å². The third kappa shape index (κ3) is 4.14. The van der Waals surface area contributed by atoms with Crippen LogP contribution in [0.25, 0.3) is 11.3 Å². The number of alkyl halides is 3. The Hall–Kier alpha value is -2.39. The predicted octanol–water partition coefficient (Wildman–Crippen LogP) is 5.51. The molecule has 1 N–H and O–H groups in total. The van der Waals surface area contributed by atoms with Crippen LogP contribution in [-0.2, 0) is 6.18 Å². The lowest BCUT2D eigenvalue weighted by molar-refractivity contribution is -0.145. The SMILES string of the molecule is CC(C)n1ncc(C(=O)Nc2nc(-c3ccc(Cl)cc3)cs2)c1C(F)(F)F. The first-order valence-electron chi connectivity index (χ1n) is 7.84. The average Bonchev–Trinajstić information content (AvgIpc) is 3.22. The van der Waals surface area contributed by atoms with Crippen molar-refractivity contribution in [3.8, 4) is 11.3 Å². The minimum absolute atomic E-state index is 0.190. The molecule has 0 aliphatic rings. The standard InChI is InChI=1S/C17H14ClF3N4OS/c1-9(2)25-14(17(19,20)21)12(7-22-25)15(26)24-16-23-13(8-27-16)10-3-5-11(18)6-4-10/h3-9H,1-2H3,(H,23,24,26). The monoisotopic (exact) mass is 414 g/mol. The average molecular weight is 415 g/mol. The molecular weight excluding hydrogens is 401 g/mol. The lowest BCUT2D eigenvalue weighted by Gasteiger charge is -2.14. The van der Waals surface area contributed by atoms with E-state index in [0.29, 0.717) is 10.7 Å². The fourth-order valence-corrected chi connectivity index (χ4v) is 3.29. The van der Waals surface area contributed by atoms with Crippen molar-refractivity contribution in [3.63, 3.8) is 0 Å².